The van der Waals surface area contributed by atoms with E-state index in [-0.39, 0.29) is 40.7 Å². The van der Waals surface area contributed by atoms with Crippen molar-refractivity contribution in [3.63, 3.8) is 0 Å². The number of thioether (sulfide) groups is 1. The molecule has 3 rings (SSSR count). The van der Waals surface area contributed by atoms with Gasteiger partial charge in [0.1, 0.15) is 5.75 Å². The normalized spacial score (nSPS) is 29.4. The van der Waals surface area contributed by atoms with Crippen molar-refractivity contribution in [2.45, 2.75) is 62.1 Å². The summed E-state index contributed by atoms with van der Waals surface area (Å²) in [6.45, 7) is 9.75. The van der Waals surface area contributed by atoms with E-state index in [2.05, 4.69) is 0 Å². The van der Waals surface area contributed by atoms with E-state index in [1.807, 2.05) is 40.7 Å². The molecular formula is C20H26ClNO4S. The number of aromatic hydroxyl groups is 1. The van der Waals surface area contributed by atoms with E-state index in [0.29, 0.717) is 0 Å². The van der Waals surface area contributed by atoms with Crippen LogP contribution in [0.25, 0.3) is 0 Å². The minimum Gasteiger partial charge on any atom is -0.508 e. The number of rotatable bonds is 4. The lowest BCUT2D eigenvalue weighted by Gasteiger charge is -2.49. The summed E-state index contributed by atoms with van der Waals surface area (Å²) in [7, 11) is 0. The third-order valence-corrected chi connectivity index (χ3v) is 7.87. The molecule has 1 amide bonds. The number of carboxylic acid groups (broad SMARTS) is 1. The number of halogens is 1. The van der Waals surface area contributed by atoms with Crippen molar-refractivity contribution in [3.8, 4) is 5.75 Å². The van der Waals surface area contributed by atoms with Crippen molar-refractivity contribution in [2.75, 3.05) is 5.88 Å². The van der Waals surface area contributed by atoms with Crippen LogP contribution in [0.2, 0.25) is 0 Å². The Kier molecular flexibility index (Phi) is 4.75. The molecule has 1 aromatic carbocycles. The van der Waals surface area contributed by atoms with E-state index in [1.165, 1.54) is 16.7 Å². The maximum absolute atomic E-state index is 12.7. The summed E-state index contributed by atoms with van der Waals surface area (Å²) in [5.41, 5.74) is -0.0886. The van der Waals surface area contributed by atoms with Gasteiger partial charge < -0.3 is 15.1 Å². The maximum atomic E-state index is 12.7. The van der Waals surface area contributed by atoms with Crippen molar-refractivity contribution in [1.82, 2.24) is 4.90 Å². The van der Waals surface area contributed by atoms with E-state index >= 15 is 0 Å². The highest BCUT2D eigenvalue weighted by Crippen LogP contribution is 2.60. The van der Waals surface area contributed by atoms with Crippen molar-refractivity contribution in [3.05, 3.63) is 29.3 Å². The molecule has 2 heterocycles. The minimum absolute atomic E-state index is 0.183. The molecule has 3 atom stereocenters. The molecule has 2 fully saturated rings. The molecule has 2 aliphatic rings. The van der Waals surface area contributed by atoms with Crippen molar-refractivity contribution < 1.29 is 19.8 Å². The molecule has 2 N–H and O–H groups in total. The van der Waals surface area contributed by atoms with Crippen LogP contribution in [0.15, 0.2) is 18.2 Å². The van der Waals surface area contributed by atoms with Gasteiger partial charge in [0.25, 0.3) is 0 Å². The Morgan fingerprint density at radius 1 is 1.33 bits per heavy atom. The first-order valence-electron chi connectivity index (χ1n) is 8.99. The van der Waals surface area contributed by atoms with Crippen molar-refractivity contribution >= 4 is 35.2 Å². The Balaban J connectivity index is 2.07. The smallest absolute Gasteiger partial charge is 0.331 e. The zero-order valence-corrected chi connectivity index (χ0v) is 17.8. The van der Waals surface area contributed by atoms with Crippen LogP contribution in [0.4, 0.5) is 0 Å². The molecule has 2 aliphatic heterocycles. The van der Waals surface area contributed by atoms with Gasteiger partial charge in [0.2, 0.25) is 5.91 Å². The van der Waals surface area contributed by atoms with Crippen LogP contribution in [-0.4, -0.2) is 48.5 Å². The predicted octanol–water partition coefficient (Wildman–Crippen LogP) is 3.60. The first kappa shape index (κ1) is 20.3. The molecule has 0 radical (unpaired) electrons. The Morgan fingerprint density at radius 3 is 2.48 bits per heavy atom. The highest BCUT2D eigenvalue weighted by molar-refractivity contribution is 8.01. The number of aliphatic carboxylic acids is 1. The van der Waals surface area contributed by atoms with Crippen LogP contribution >= 0.6 is 23.4 Å². The minimum atomic E-state index is -1.35. The average Bonchev–Trinajstić information content (AvgIpc) is 2.74. The second kappa shape index (κ2) is 6.31. The fourth-order valence-electron chi connectivity index (χ4n) is 4.22. The summed E-state index contributed by atoms with van der Waals surface area (Å²) in [6.07, 6.45) is 0.183. The number of carbonyl (C=O) groups excluding carboxylic acids is 1. The van der Waals surface area contributed by atoms with Gasteiger partial charge in [0.15, 0.2) is 5.54 Å². The highest BCUT2D eigenvalue weighted by atomic mass is 35.5. The molecule has 0 unspecified atom stereocenters. The van der Waals surface area contributed by atoms with Crippen molar-refractivity contribution in [1.29, 1.82) is 0 Å². The van der Waals surface area contributed by atoms with Gasteiger partial charge in [-0.1, -0.05) is 32.9 Å². The predicted molar refractivity (Wildman–Crippen MR) is 107 cm³/mol. The summed E-state index contributed by atoms with van der Waals surface area (Å²) in [5, 5.41) is 20.3. The fourth-order valence-corrected chi connectivity index (χ4v) is 6.45. The Morgan fingerprint density at radius 2 is 1.96 bits per heavy atom. The van der Waals surface area contributed by atoms with Crippen molar-refractivity contribution in [2.24, 2.45) is 5.92 Å². The summed E-state index contributed by atoms with van der Waals surface area (Å²) >= 11 is 7.46. The number of phenolic OH excluding ortho intramolecular Hbond substituents is 1. The highest BCUT2D eigenvalue weighted by Gasteiger charge is 2.72. The first-order chi connectivity index (χ1) is 12.4. The second-order valence-corrected chi connectivity index (χ2v) is 11.0. The van der Waals surface area contributed by atoms with Crippen LogP contribution in [0.1, 0.15) is 45.7 Å². The number of benzene rings is 1. The van der Waals surface area contributed by atoms with E-state index < -0.39 is 16.3 Å². The zero-order valence-electron chi connectivity index (χ0n) is 16.2. The molecule has 0 aliphatic carbocycles. The van der Waals surface area contributed by atoms with E-state index in [1.54, 1.807) is 12.1 Å². The lowest BCUT2D eigenvalue weighted by molar-refractivity contribution is -0.173. The molecule has 1 aromatic rings. The van der Waals surface area contributed by atoms with Gasteiger partial charge in [-0.15, -0.1) is 23.4 Å². The van der Waals surface area contributed by atoms with Crippen LogP contribution in [-0.2, 0) is 21.4 Å². The monoisotopic (exact) mass is 411 g/mol. The van der Waals surface area contributed by atoms with E-state index in [9.17, 15) is 19.8 Å². The number of amides is 1. The molecule has 148 valence electrons. The molecule has 5 nitrogen and oxygen atoms in total. The lowest BCUT2D eigenvalue weighted by Crippen LogP contribution is -2.71. The van der Waals surface area contributed by atoms with Crippen LogP contribution in [0.5, 0.6) is 5.75 Å². The number of carboxylic acids is 1. The molecule has 0 saturated carbocycles. The number of phenols is 1. The Hall–Kier alpha value is -1.40. The summed E-state index contributed by atoms with van der Waals surface area (Å²) in [4.78, 5) is 26.7. The molecule has 0 bridgehead atoms. The summed E-state index contributed by atoms with van der Waals surface area (Å²) < 4.78 is -0.681. The van der Waals surface area contributed by atoms with Gasteiger partial charge in [-0.3, -0.25) is 4.79 Å². The number of carbonyl (C=O) groups is 2. The zero-order chi connectivity index (χ0) is 20.4. The number of alkyl halides is 1. The second-order valence-electron chi connectivity index (χ2n) is 8.93. The van der Waals surface area contributed by atoms with Gasteiger partial charge >= 0.3 is 5.97 Å². The number of hydrogen-bond donors (Lipinski definition) is 2. The van der Waals surface area contributed by atoms with Gasteiger partial charge in [-0.25, -0.2) is 4.79 Å². The largest absolute Gasteiger partial charge is 0.508 e. The summed E-state index contributed by atoms with van der Waals surface area (Å²) in [5.74, 6) is -1.14. The molecule has 2 saturated heterocycles. The molecular weight excluding hydrogens is 386 g/mol. The first-order valence-corrected chi connectivity index (χ1v) is 10.4. The topological polar surface area (TPSA) is 77.8 Å². The number of fused-ring (bicyclic) bond motifs is 1. The van der Waals surface area contributed by atoms with Crippen LogP contribution < -0.4 is 0 Å². The third kappa shape index (κ3) is 2.83. The SMILES string of the molecule is CC(C)(C)c1cc(C[C@@]2(C(=O)O)N3C(=O)[C@@H](CCl)[C@H]3SC2(C)C)ccc1O. The number of hydrogen-bond acceptors (Lipinski definition) is 4. The van der Waals surface area contributed by atoms with Gasteiger partial charge in [-0.05, 0) is 36.5 Å². The molecule has 0 aromatic heterocycles. The summed E-state index contributed by atoms with van der Waals surface area (Å²) in [6, 6.07) is 5.21. The lowest BCUT2D eigenvalue weighted by atomic mass is 9.74. The Labute approximate surface area is 169 Å². The molecule has 7 heteroatoms. The quantitative estimate of drug-likeness (QED) is 0.584. The van der Waals surface area contributed by atoms with Gasteiger partial charge in [0.05, 0.1) is 11.3 Å². The standard InChI is InChI=1S/C20H26ClNO4S/c1-18(2,3)13-8-11(6-7-14(13)23)9-20(17(25)26)19(4,5)27-16-12(10-21)15(24)22(16)20/h6-8,12,16,23H,9-10H2,1-5H3,(H,25,26)/t12-,16-,20+/m1/s1. The van der Waals surface area contributed by atoms with Crippen LogP contribution in [0, 0.1) is 5.92 Å². The average molecular weight is 412 g/mol. The van der Waals surface area contributed by atoms with E-state index in [4.69, 9.17) is 11.6 Å². The van der Waals surface area contributed by atoms with Gasteiger partial charge in [0, 0.05) is 17.0 Å². The molecule has 27 heavy (non-hydrogen) atoms. The van der Waals surface area contributed by atoms with E-state index in [0.717, 1.165) is 11.1 Å². The Bertz CT molecular complexity index is 804. The third-order valence-electron chi connectivity index (χ3n) is 5.82. The van der Waals surface area contributed by atoms with Gasteiger partial charge in [-0.2, -0.15) is 0 Å². The van der Waals surface area contributed by atoms with Crippen LogP contribution in [0.3, 0.4) is 0 Å². The fraction of sp³-hybridized carbons (Fsp3) is 0.600. The number of nitrogens with zero attached hydrogens (tertiary/aromatic N) is 1. The maximum Gasteiger partial charge on any atom is 0.331 e. The number of β-lactam (4-membered cyclic amide) rings is 1. The molecule has 0 spiro atoms.